The van der Waals surface area contributed by atoms with Crippen LogP contribution in [0.3, 0.4) is 0 Å². The summed E-state index contributed by atoms with van der Waals surface area (Å²) in [4.78, 5) is 6.78. The summed E-state index contributed by atoms with van der Waals surface area (Å²) < 4.78 is 1.95. The van der Waals surface area contributed by atoms with Gasteiger partial charge in [-0.1, -0.05) is 51.1 Å². The Balaban J connectivity index is 1.77. The molecule has 0 radical (unpaired) electrons. The molecular weight excluding hydrogens is 288 g/mol. The predicted octanol–water partition coefficient (Wildman–Crippen LogP) is 2.62. The highest BCUT2D eigenvalue weighted by Gasteiger charge is 2.26. The van der Waals surface area contributed by atoms with E-state index >= 15 is 0 Å². The Bertz CT molecular complexity index is 866. The van der Waals surface area contributed by atoms with Crippen molar-refractivity contribution >= 4 is 17.4 Å². The second-order valence-electron chi connectivity index (χ2n) is 6.84. The number of rotatable bonds is 2. The van der Waals surface area contributed by atoms with E-state index in [4.69, 9.17) is 0 Å². The van der Waals surface area contributed by atoms with Gasteiger partial charge >= 0.3 is 0 Å². The number of anilines is 1. The van der Waals surface area contributed by atoms with Gasteiger partial charge in [-0.05, 0) is 0 Å². The molecule has 0 saturated heterocycles. The fraction of sp³-hybridized carbons (Fsp3) is 0.353. The van der Waals surface area contributed by atoms with Crippen molar-refractivity contribution in [2.75, 3.05) is 18.0 Å². The molecule has 6 nitrogen and oxygen atoms in total. The number of nitrogens with one attached hydrogen (secondary N) is 1. The van der Waals surface area contributed by atoms with E-state index in [1.807, 2.05) is 22.7 Å². The first-order valence-electron chi connectivity index (χ1n) is 7.86. The average Bonchev–Trinajstić information content (AvgIpc) is 3.22. The van der Waals surface area contributed by atoms with Gasteiger partial charge < -0.3 is 0 Å². The van der Waals surface area contributed by atoms with Crippen LogP contribution < -0.4 is 4.90 Å². The van der Waals surface area contributed by atoms with E-state index < -0.39 is 0 Å². The zero-order chi connectivity index (χ0) is 16.0. The Morgan fingerprint density at radius 2 is 1.87 bits per heavy atom. The molecule has 3 aromatic rings. The Kier molecular flexibility index (Phi) is 3.01. The quantitative estimate of drug-likeness (QED) is 0.791. The maximum Gasteiger partial charge on any atom is 0.252 e. The van der Waals surface area contributed by atoms with Crippen LogP contribution in [-0.2, 0) is 5.41 Å². The molecule has 0 amide bonds. The summed E-state index contributed by atoms with van der Waals surface area (Å²) in [5.74, 6) is 1.74. The molecule has 0 fully saturated rings. The summed E-state index contributed by atoms with van der Waals surface area (Å²) in [6.45, 7) is 8.12. The number of fused-ring (bicyclic) bond motifs is 1. The minimum atomic E-state index is 0.0410. The molecule has 23 heavy (non-hydrogen) atoms. The fourth-order valence-electron chi connectivity index (χ4n) is 2.81. The van der Waals surface area contributed by atoms with E-state index in [0.29, 0.717) is 0 Å². The standard InChI is InChI=1S/C17H20N6/c1-17(2,3)13-11-14-19-20-16(23(14)21-13)22-10-9-18-15(22)12-7-5-4-6-8-12/h4-8,11,21H,9-10H2,1-3H3. The van der Waals surface area contributed by atoms with Crippen LogP contribution >= 0.6 is 0 Å². The van der Waals surface area contributed by atoms with Crippen molar-refractivity contribution in [2.45, 2.75) is 26.2 Å². The smallest absolute Gasteiger partial charge is 0.252 e. The van der Waals surface area contributed by atoms with Crippen molar-refractivity contribution in [2.24, 2.45) is 4.99 Å². The predicted molar refractivity (Wildman–Crippen MR) is 91.2 cm³/mol. The van der Waals surface area contributed by atoms with Crippen LogP contribution in [0.2, 0.25) is 0 Å². The third kappa shape index (κ3) is 2.30. The van der Waals surface area contributed by atoms with E-state index in [9.17, 15) is 0 Å². The molecule has 4 rings (SSSR count). The van der Waals surface area contributed by atoms with Crippen LogP contribution in [-0.4, -0.2) is 38.7 Å². The second kappa shape index (κ2) is 4.94. The molecule has 1 N–H and O–H groups in total. The largest absolute Gasteiger partial charge is 0.293 e. The number of hydrogen-bond acceptors (Lipinski definition) is 4. The lowest BCUT2D eigenvalue weighted by Crippen LogP contribution is -2.30. The van der Waals surface area contributed by atoms with Gasteiger partial charge in [0.1, 0.15) is 5.84 Å². The van der Waals surface area contributed by atoms with E-state index in [1.165, 1.54) is 0 Å². The Hall–Kier alpha value is -2.63. The summed E-state index contributed by atoms with van der Waals surface area (Å²) in [6, 6.07) is 12.3. The molecule has 1 aromatic carbocycles. The van der Waals surface area contributed by atoms with Crippen LogP contribution in [0.25, 0.3) is 5.65 Å². The minimum absolute atomic E-state index is 0.0410. The van der Waals surface area contributed by atoms with Gasteiger partial charge in [-0.3, -0.25) is 15.0 Å². The zero-order valence-electron chi connectivity index (χ0n) is 13.6. The van der Waals surface area contributed by atoms with Gasteiger partial charge in [0.15, 0.2) is 5.65 Å². The number of benzene rings is 1. The van der Waals surface area contributed by atoms with Crippen molar-refractivity contribution in [3.05, 3.63) is 47.7 Å². The highest BCUT2D eigenvalue weighted by molar-refractivity contribution is 6.10. The molecule has 0 atom stereocenters. The van der Waals surface area contributed by atoms with Gasteiger partial charge in [-0.2, -0.15) is 0 Å². The molecule has 118 valence electrons. The molecule has 1 aliphatic rings. The van der Waals surface area contributed by atoms with Crippen molar-refractivity contribution in [1.82, 2.24) is 19.8 Å². The van der Waals surface area contributed by atoms with Crippen LogP contribution in [0.4, 0.5) is 5.95 Å². The maximum atomic E-state index is 4.65. The third-order valence-corrected chi connectivity index (χ3v) is 4.10. The first kappa shape index (κ1) is 14.0. The third-order valence-electron chi connectivity index (χ3n) is 4.10. The van der Waals surface area contributed by atoms with Crippen LogP contribution in [0, 0.1) is 0 Å². The van der Waals surface area contributed by atoms with Gasteiger partial charge in [0.25, 0.3) is 5.95 Å². The van der Waals surface area contributed by atoms with Crippen LogP contribution in [0.15, 0.2) is 41.4 Å². The number of aromatic nitrogens is 4. The van der Waals surface area contributed by atoms with E-state index in [-0.39, 0.29) is 5.41 Å². The number of nitrogens with zero attached hydrogens (tertiary/aromatic N) is 5. The summed E-state index contributed by atoms with van der Waals surface area (Å²) in [6.07, 6.45) is 0. The summed E-state index contributed by atoms with van der Waals surface area (Å²) in [5.41, 5.74) is 3.12. The number of aromatic amines is 1. The molecule has 0 aliphatic carbocycles. The van der Waals surface area contributed by atoms with E-state index in [0.717, 1.165) is 41.8 Å². The van der Waals surface area contributed by atoms with E-state index in [2.05, 4.69) is 64.2 Å². The highest BCUT2D eigenvalue weighted by Crippen LogP contribution is 2.25. The molecule has 0 bridgehead atoms. The lowest BCUT2D eigenvalue weighted by atomic mass is 9.93. The van der Waals surface area contributed by atoms with Gasteiger partial charge in [0.2, 0.25) is 0 Å². The van der Waals surface area contributed by atoms with Crippen molar-refractivity contribution < 1.29 is 0 Å². The molecule has 0 spiro atoms. The Morgan fingerprint density at radius 3 is 2.61 bits per heavy atom. The lowest BCUT2D eigenvalue weighted by Gasteiger charge is -2.18. The van der Waals surface area contributed by atoms with Crippen molar-refractivity contribution in [1.29, 1.82) is 0 Å². The second-order valence-corrected chi connectivity index (χ2v) is 6.84. The van der Waals surface area contributed by atoms with Gasteiger partial charge in [0, 0.05) is 29.3 Å². The number of amidine groups is 1. The summed E-state index contributed by atoms with van der Waals surface area (Å²) >= 11 is 0. The SMILES string of the molecule is CC(C)(C)c1cc2nnc(N3CCN=C3c3ccccc3)n2[nH]1. The summed E-state index contributed by atoms with van der Waals surface area (Å²) in [5, 5.41) is 12.1. The fourth-order valence-corrected chi connectivity index (χ4v) is 2.81. The highest BCUT2D eigenvalue weighted by atomic mass is 15.5. The number of H-pyrrole nitrogens is 1. The zero-order valence-corrected chi connectivity index (χ0v) is 13.6. The maximum absolute atomic E-state index is 4.65. The topological polar surface area (TPSA) is 61.6 Å². The van der Waals surface area contributed by atoms with Gasteiger partial charge in [-0.25, -0.2) is 4.52 Å². The average molecular weight is 308 g/mol. The molecule has 1 aliphatic heterocycles. The normalized spacial score (nSPS) is 15.4. The van der Waals surface area contributed by atoms with E-state index in [1.54, 1.807) is 0 Å². The molecule has 2 aromatic heterocycles. The first-order chi connectivity index (χ1) is 11.0. The van der Waals surface area contributed by atoms with Crippen molar-refractivity contribution in [3.63, 3.8) is 0 Å². The van der Waals surface area contributed by atoms with Gasteiger partial charge in [0.05, 0.1) is 6.54 Å². The van der Waals surface area contributed by atoms with Crippen molar-refractivity contribution in [3.8, 4) is 0 Å². The monoisotopic (exact) mass is 308 g/mol. The molecule has 3 heterocycles. The molecule has 0 saturated carbocycles. The minimum Gasteiger partial charge on any atom is -0.293 e. The summed E-state index contributed by atoms with van der Waals surface area (Å²) in [7, 11) is 0. The molecule has 0 unspecified atom stereocenters. The Labute approximate surface area is 134 Å². The molecular formula is C17H20N6. The number of aliphatic imine (C=N–C) groups is 1. The van der Waals surface area contributed by atoms with Crippen LogP contribution in [0.1, 0.15) is 32.0 Å². The lowest BCUT2D eigenvalue weighted by molar-refractivity contribution is 0.562. The number of hydrogen-bond donors (Lipinski definition) is 1. The van der Waals surface area contributed by atoms with Crippen LogP contribution in [0.5, 0.6) is 0 Å². The first-order valence-corrected chi connectivity index (χ1v) is 7.86. The molecule has 6 heteroatoms. The Morgan fingerprint density at radius 1 is 1.09 bits per heavy atom. The van der Waals surface area contributed by atoms with Gasteiger partial charge in [-0.15, -0.1) is 10.2 Å².